The number of hydrogen-bond donors (Lipinski definition) is 2. The minimum Gasteiger partial charge on any atom is -0.440 e. The summed E-state index contributed by atoms with van der Waals surface area (Å²) in [5, 5.41) is 18.9. The van der Waals surface area contributed by atoms with E-state index >= 15 is 0 Å². The van der Waals surface area contributed by atoms with Crippen LogP contribution in [0.4, 0.5) is 0 Å². The van der Waals surface area contributed by atoms with E-state index in [9.17, 15) is 10.1 Å². The van der Waals surface area contributed by atoms with E-state index in [1.54, 1.807) is 18.5 Å². The molecule has 0 amide bonds. The normalized spacial score (nSPS) is 18.4. The maximum Gasteiger partial charge on any atom is 0.256 e. The van der Waals surface area contributed by atoms with Crippen LogP contribution in [0.5, 0.6) is 5.75 Å². The van der Waals surface area contributed by atoms with Crippen molar-refractivity contribution in [2.24, 2.45) is 5.92 Å². The van der Waals surface area contributed by atoms with Gasteiger partial charge in [-0.2, -0.15) is 5.26 Å². The third kappa shape index (κ3) is 2.48. The first-order valence-electron chi connectivity index (χ1n) is 9.02. The van der Waals surface area contributed by atoms with Crippen molar-refractivity contribution in [3.63, 3.8) is 0 Å². The van der Waals surface area contributed by atoms with Gasteiger partial charge in [0.05, 0.1) is 21.8 Å². The molecule has 2 unspecified atom stereocenters. The van der Waals surface area contributed by atoms with Crippen molar-refractivity contribution in [2.45, 2.75) is 19.8 Å². The monoisotopic (exact) mass is 401 g/mol. The summed E-state index contributed by atoms with van der Waals surface area (Å²) in [5.74, 6) is -1.35. The Morgan fingerprint density at radius 2 is 2.21 bits per heavy atom. The molecule has 4 aromatic heterocycles. The number of ether oxygens (including phenoxy) is 1. The van der Waals surface area contributed by atoms with Gasteiger partial charge >= 0.3 is 0 Å². The summed E-state index contributed by atoms with van der Waals surface area (Å²) in [6.45, 7) is 3.91. The number of pyridine rings is 3. The molecule has 0 aromatic carbocycles. The van der Waals surface area contributed by atoms with Gasteiger partial charge in [0.1, 0.15) is 10.7 Å². The van der Waals surface area contributed by atoms with Gasteiger partial charge in [0, 0.05) is 29.4 Å². The Balaban J connectivity index is 1.90. The van der Waals surface area contributed by atoms with Crippen LogP contribution in [0.3, 0.4) is 0 Å². The van der Waals surface area contributed by atoms with E-state index < -0.39 is 11.8 Å². The Kier molecular flexibility index (Phi) is 3.76. The van der Waals surface area contributed by atoms with Gasteiger partial charge in [-0.1, -0.05) is 6.07 Å². The molecular formula is C21H15N5O2S. The summed E-state index contributed by atoms with van der Waals surface area (Å²) >= 11 is 1.42. The van der Waals surface area contributed by atoms with Crippen molar-refractivity contribution in [3.05, 3.63) is 63.3 Å². The van der Waals surface area contributed by atoms with E-state index in [0.29, 0.717) is 22.4 Å². The van der Waals surface area contributed by atoms with Crippen molar-refractivity contribution < 1.29 is 4.74 Å². The zero-order valence-electron chi connectivity index (χ0n) is 15.6. The van der Waals surface area contributed by atoms with Crippen LogP contribution in [-0.2, 0) is 0 Å². The van der Waals surface area contributed by atoms with Crippen molar-refractivity contribution >= 4 is 37.7 Å². The summed E-state index contributed by atoms with van der Waals surface area (Å²) in [6.07, 6.45) is 3.26. The summed E-state index contributed by atoms with van der Waals surface area (Å²) < 4.78 is 6.51. The lowest BCUT2D eigenvalue weighted by molar-refractivity contribution is 0.452. The first-order valence-corrected chi connectivity index (χ1v) is 9.83. The fraction of sp³-hybridized carbons (Fsp3) is 0.190. The number of H-pyrrole nitrogens is 1. The molecule has 5 rings (SSSR count). The number of thiophene rings is 1. The van der Waals surface area contributed by atoms with Crippen LogP contribution >= 0.6 is 11.3 Å². The Morgan fingerprint density at radius 1 is 1.38 bits per heavy atom. The Bertz CT molecular complexity index is 1410. The second-order valence-electron chi connectivity index (χ2n) is 7.10. The molecule has 0 bridgehead atoms. The summed E-state index contributed by atoms with van der Waals surface area (Å²) in [7, 11) is 0. The minimum atomic E-state index is -0.901. The molecule has 1 aliphatic heterocycles. The molecule has 2 atom stereocenters. The third-order valence-corrected chi connectivity index (χ3v) is 6.33. The van der Waals surface area contributed by atoms with Gasteiger partial charge in [0.15, 0.2) is 5.75 Å². The number of aromatic amines is 1. The molecule has 29 heavy (non-hydrogen) atoms. The lowest BCUT2D eigenvalue weighted by atomic mass is 9.80. The predicted octanol–water partition coefficient (Wildman–Crippen LogP) is 3.79. The van der Waals surface area contributed by atoms with Gasteiger partial charge in [0.25, 0.3) is 5.56 Å². The highest BCUT2D eigenvalue weighted by atomic mass is 32.1. The lowest BCUT2D eigenvalue weighted by Crippen LogP contribution is -2.35. The Labute approximate surface area is 169 Å². The highest BCUT2D eigenvalue weighted by molar-refractivity contribution is 7.25. The molecule has 0 spiro atoms. The van der Waals surface area contributed by atoms with Crippen LogP contribution < -0.4 is 10.3 Å². The van der Waals surface area contributed by atoms with Gasteiger partial charge in [-0.25, -0.2) is 4.98 Å². The number of nitrogens with zero attached hydrogens (tertiary/aromatic N) is 3. The third-order valence-electron chi connectivity index (χ3n) is 5.24. The summed E-state index contributed by atoms with van der Waals surface area (Å²) in [4.78, 5) is 25.7. The van der Waals surface area contributed by atoms with Crippen molar-refractivity contribution in [1.82, 2.24) is 15.0 Å². The second-order valence-corrected chi connectivity index (χ2v) is 8.10. The molecular weight excluding hydrogens is 386 g/mol. The average molecular weight is 401 g/mol. The fourth-order valence-electron chi connectivity index (χ4n) is 4.05. The van der Waals surface area contributed by atoms with Gasteiger partial charge in [0.2, 0.25) is 5.90 Å². The van der Waals surface area contributed by atoms with E-state index in [4.69, 9.17) is 10.1 Å². The summed E-state index contributed by atoms with van der Waals surface area (Å²) in [5.41, 5.74) is 3.29. The molecule has 142 valence electrons. The number of nitriles is 1. The molecule has 0 saturated carbocycles. The zero-order valence-corrected chi connectivity index (χ0v) is 16.4. The highest BCUT2D eigenvalue weighted by Gasteiger charge is 2.40. The van der Waals surface area contributed by atoms with Crippen LogP contribution in [0, 0.1) is 36.5 Å². The number of rotatable bonds is 1. The van der Waals surface area contributed by atoms with Crippen molar-refractivity contribution in [3.8, 4) is 11.8 Å². The van der Waals surface area contributed by atoms with Crippen LogP contribution in [0.2, 0.25) is 0 Å². The molecule has 0 aliphatic carbocycles. The van der Waals surface area contributed by atoms with Gasteiger partial charge in [-0.05, 0) is 37.1 Å². The number of fused-ring (bicyclic) bond motifs is 5. The highest BCUT2D eigenvalue weighted by Crippen LogP contribution is 2.46. The van der Waals surface area contributed by atoms with Gasteiger partial charge in [-0.3, -0.25) is 15.2 Å². The molecule has 0 saturated heterocycles. The van der Waals surface area contributed by atoms with Gasteiger partial charge < -0.3 is 9.72 Å². The van der Waals surface area contributed by atoms with E-state index in [1.165, 1.54) is 11.3 Å². The number of hydrogen-bond acceptors (Lipinski definition) is 7. The van der Waals surface area contributed by atoms with Gasteiger partial charge in [-0.15, -0.1) is 11.3 Å². The van der Waals surface area contributed by atoms with Crippen molar-refractivity contribution in [2.75, 3.05) is 0 Å². The van der Waals surface area contributed by atoms with E-state index in [-0.39, 0.29) is 11.5 Å². The van der Waals surface area contributed by atoms with Crippen LogP contribution in [-0.4, -0.2) is 20.8 Å². The first-order chi connectivity index (χ1) is 14.0. The second kappa shape index (κ2) is 6.22. The summed E-state index contributed by atoms with van der Waals surface area (Å²) in [6, 6.07) is 7.66. The molecule has 5 heterocycles. The zero-order chi connectivity index (χ0) is 20.3. The predicted molar refractivity (Wildman–Crippen MR) is 111 cm³/mol. The smallest absolute Gasteiger partial charge is 0.256 e. The minimum absolute atomic E-state index is 0.168. The maximum absolute atomic E-state index is 13.2. The van der Waals surface area contributed by atoms with E-state index in [0.717, 1.165) is 26.2 Å². The molecule has 4 aromatic rings. The standard InChI is InChI=1S/C21H15N5O2S/c1-9-6-10(2)25-21-13(9)16-18(29-21)17-15(20(27)26-16)14(11-4-3-5-24-8-11)12(7-22)19(23)28-17/h3-6,8,12,14,23H,1-2H3,(H,26,27). The molecule has 2 N–H and O–H groups in total. The van der Waals surface area contributed by atoms with Crippen molar-refractivity contribution in [1.29, 1.82) is 10.7 Å². The molecule has 8 heteroatoms. The number of aryl methyl sites for hydroxylation is 2. The number of aromatic nitrogens is 3. The first kappa shape index (κ1) is 17.5. The van der Waals surface area contributed by atoms with Crippen LogP contribution in [0.1, 0.15) is 28.3 Å². The average Bonchev–Trinajstić information content (AvgIpc) is 3.06. The Morgan fingerprint density at radius 3 is 2.93 bits per heavy atom. The molecule has 1 aliphatic rings. The largest absolute Gasteiger partial charge is 0.440 e. The topological polar surface area (TPSA) is 116 Å². The quantitative estimate of drug-likeness (QED) is 0.503. The molecule has 7 nitrogen and oxygen atoms in total. The van der Waals surface area contributed by atoms with Crippen LogP contribution in [0.15, 0.2) is 35.4 Å². The molecule has 0 fully saturated rings. The van der Waals surface area contributed by atoms with Crippen LogP contribution in [0.25, 0.3) is 20.4 Å². The molecule has 0 radical (unpaired) electrons. The lowest BCUT2D eigenvalue weighted by Gasteiger charge is -2.29. The fourth-order valence-corrected chi connectivity index (χ4v) is 5.30. The number of nitrogens with one attached hydrogen (secondary N) is 2. The van der Waals surface area contributed by atoms with E-state index in [2.05, 4.69) is 21.0 Å². The SMILES string of the molecule is Cc1cc(C)c2c(n1)sc1c3c(c(=O)[nH]c12)C(c1cccnc1)C(C#N)C(=N)O3. The maximum atomic E-state index is 13.2. The van der Waals surface area contributed by atoms with E-state index in [1.807, 2.05) is 26.0 Å². The Hall–Kier alpha value is -3.57.